The Morgan fingerprint density at radius 3 is 2.17 bits per heavy atom. The minimum Gasteiger partial charge on any atom is -0.508 e. The maximum Gasteiger partial charge on any atom is 0.222 e. The van der Waals surface area contributed by atoms with Crippen molar-refractivity contribution in [3.05, 3.63) is 54.1 Å². The Morgan fingerprint density at radius 1 is 0.966 bits per heavy atom. The molecule has 3 rings (SSSR count). The molecule has 0 aromatic heterocycles. The first-order valence-electron chi connectivity index (χ1n) is 10.4. The SMILES string of the molecule is CC(C)(C)c1ccc(OCCCC(=O)N2CCN(c3ccc(O)cc3)CC2)cc1. The molecule has 0 spiro atoms. The van der Waals surface area contributed by atoms with E-state index in [1.165, 1.54) is 5.56 Å². The predicted molar refractivity (Wildman–Crippen MR) is 117 cm³/mol. The fraction of sp³-hybridized carbons (Fsp3) is 0.458. The highest BCUT2D eigenvalue weighted by Crippen LogP contribution is 2.24. The third-order valence-electron chi connectivity index (χ3n) is 5.37. The number of benzene rings is 2. The minimum atomic E-state index is 0.136. The molecule has 1 saturated heterocycles. The third kappa shape index (κ3) is 5.89. The van der Waals surface area contributed by atoms with E-state index in [0.717, 1.165) is 44.0 Å². The van der Waals surface area contributed by atoms with Gasteiger partial charge < -0.3 is 19.6 Å². The molecule has 5 heteroatoms. The van der Waals surface area contributed by atoms with Crippen LogP contribution in [0.3, 0.4) is 0 Å². The second kappa shape index (κ2) is 9.21. The van der Waals surface area contributed by atoms with E-state index >= 15 is 0 Å². The van der Waals surface area contributed by atoms with Crippen molar-refractivity contribution in [1.29, 1.82) is 0 Å². The molecule has 1 heterocycles. The summed E-state index contributed by atoms with van der Waals surface area (Å²) in [7, 11) is 0. The third-order valence-corrected chi connectivity index (χ3v) is 5.37. The molecule has 1 amide bonds. The highest BCUT2D eigenvalue weighted by molar-refractivity contribution is 5.76. The van der Waals surface area contributed by atoms with E-state index in [2.05, 4.69) is 37.8 Å². The van der Waals surface area contributed by atoms with Crippen LogP contribution >= 0.6 is 0 Å². The van der Waals surface area contributed by atoms with E-state index in [-0.39, 0.29) is 17.1 Å². The summed E-state index contributed by atoms with van der Waals surface area (Å²) in [5.41, 5.74) is 2.50. The van der Waals surface area contributed by atoms with Gasteiger partial charge in [-0.05, 0) is 53.8 Å². The van der Waals surface area contributed by atoms with Crippen LogP contribution in [0.15, 0.2) is 48.5 Å². The normalized spacial score (nSPS) is 14.7. The molecule has 1 aliphatic heterocycles. The van der Waals surface area contributed by atoms with Gasteiger partial charge in [0.2, 0.25) is 5.91 Å². The molecule has 0 aliphatic carbocycles. The lowest BCUT2D eigenvalue weighted by Crippen LogP contribution is -2.48. The van der Waals surface area contributed by atoms with E-state index in [0.29, 0.717) is 13.0 Å². The average molecular weight is 397 g/mol. The van der Waals surface area contributed by atoms with Gasteiger partial charge in [0.1, 0.15) is 11.5 Å². The molecule has 1 aliphatic rings. The first kappa shape index (κ1) is 21.0. The quantitative estimate of drug-likeness (QED) is 0.744. The summed E-state index contributed by atoms with van der Waals surface area (Å²) in [5.74, 6) is 1.32. The summed E-state index contributed by atoms with van der Waals surface area (Å²) in [6.07, 6.45) is 1.23. The van der Waals surface area contributed by atoms with Gasteiger partial charge in [-0.1, -0.05) is 32.9 Å². The number of carbonyl (C=O) groups excluding carboxylic acids is 1. The van der Waals surface area contributed by atoms with Crippen LogP contribution in [0, 0.1) is 0 Å². The van der Waals surface area contributed by atoms with Gasteiger partial charge in [-0.3, -0.25) is 4.79 Å². The smallest absolute Gasteiger partial charge is 0.222 e. The van der Waals surface area contributed by atoms with Crippen molar-refractivity contribution in [1.82, 2.24) is 4.90 Å². The molecule has 0 saturated carbocycles. The molecule has 5 nitrogen and oxygen atoms in total. The molecule has 156 valence electrons. The summed E-state index contributed by atoms with van der Waals surface area (Å²) in [5, 5.41) is 9.41. The average Bonchev–Trinajstić information content (AvgIpc) is 2.71. The molecule has 0 atom stereocenters. The standard InChI is InChI=1S/C24H32N2O3/c1-24(2,3)19-6-12-22(13-7-19)29-18-4-5-23(28)26-16-14-25(15-17-26)20-8-10-21(27)11-9-20/h6-13,27H,4-5,14-18H2,1-3H3. The Labute approximate surface area is 173 Å². The van der Waals surface area contributed by atoms with Crippen molar-refractivity contribution in [2.24, 2.45) is 0 Å². The van der Waals surface area contributed by atoms with Crippen molar-refractivity contribution in [3.63, 3.8) is 0 Å². The summed E-state index contributed by atoms with van der Waals surface area (Å²) in [6, 6.07) is 15.4. The molecule has 2 aromatic carbocycles. The number of hydrogen-bond donors (Lipinski definition) is 1. The van der Waals surface area contributed by atoms with Crippen LogP contribution in [-0.4, -0.2) is 48.7 Å². The van der Waals surface area contributed by atoms with Gasteiger partial charge >= 0.3 is 0 Å². The zero-order valence-electron chi connectivity index (χ0n) is 17.7. The molecule has 2 aromatic rings. The number of amides is 1. The number of phenolic OH excluding ortho intramolecular Hbond substituents is 1. The highest BCUT2D eigenvalue weighted by atomic mass is 16.5. The van der Waals surface area contributed by atoms with Gasteiger partial charge in [0, 0.05) is 38.3 Å². The zero-order chi connectivity index (χ0) is 20.9. The number of nitrogens with zero attached hydrogens (tertiary/aromatic N) is 2. The van der Waals surface area contributed by atoms with E-state index in [1.54, 1.807) is 12.1 Å². The second-order valence-corrected chi connectivity index (χ2v) is 8.61. The minimum absolute atomic E-state index is 0.136. The Morgan fingerprint density at radius 2 is 1.59 bits per heavy atom. The fourth-order valence-corrected chi connectivity index (χ4v) is 3.50. The maximum atomic E-state index is 12.5. The van der Waals surface area contributed by atoms with E-state index in [4.69, 9.17) is 4.74 Å². The van der Waals surface area contributed by atoms with Crippen molar-refractivity contribution in [2.45, 2.75) is 39.0 Å². The zero-order valence-corrected chi connectivity index (χ0v) is 17.7. The maximum absolute atomic E-state index is 12.5. The summed E-state index contributed by atoms with van der Waals surface area (Å²) in [4.78, 5) is 16.7. The van der Waals surface area contributed by atoms with Crippen LogP contribution in [0.1, 0.15) is 39.2 Å². The van der Waals surface area contributed by atoms with Gasteiger partial charge in [-0.2, -0.15) is 0 Å². The number of anilines is 1. The molecule has 0 unspecified atom stereocenters. The predicted octanol–water partition coefficient (Wildman–Crippen LogP) is 4.20. The molecule has 29 heavy (non-hydrogen) atoms. The molecule has 0 radical (unpaired) electrons. The monoisotopic (exact) mass is 396 g/mol. The Balaban J connectivity index is 1.36. The van der Waals surface area contributed by atoms with Gasteiger partial charge in [-0.15, -0.1) is 0 Å². The summed E-state index contributed by atoms with van der Waals surface area (Å²) >= 11 is 0. The lowest BCUT2D eigenvalue weighted by atomic mass is 9.87. The van der Waals surface area contributed by atoms with Gasteiger partial charge in [0.05, 0.1) is 6.61 Å². The number of carbonyl (C=O) groups is 1. The van der Waals surface area contributed by atoms with Crippen molar-refractivity contribution in [2.75, 3.05) is 37.7 Å². The van der Waals surface area contributed by atoms with E-state index in [9.17, 15) is 9.90 Å². The van der Waals surface area contributed by atoms with E-state index < -0.39 is 0 Å². The molecule has 1 N–H and O–H groups in total. The molecular weight excluding hydrogens is 364 g/mol. The van der Waals surface area contributed by atoms with Crippen LogP contribution in [0.5, 0.6) is 11.5 Å². The number of piperazine rings is 1. The van der Waals surface area contributed by atoms with Crippen LogP contribution in [0.2, 0.25) is 0 Å². The van der Waals surface area contributed by atoms with Crippen molar-refractivity contribution in [3.8, 4) is 11.5 Å². The number of hydrogen-bond acceptors (Lipinski definition) is 4. The van der Waals surface area contributed by atoms with E-state index in [1.807, 2.05) is 29.2 Å². The largest absolute Gasteiger partial charge is 0.508 e. The molecule has 1 fully saturated rings. The number of phenols is 1. The van der Waals surface area contributed by atoms with Crippen LogP contribution in [0.4, 0.5) is 5.69 Å². The molecule has 0 bridgehead atoms. The Hall–Kier alpha value is -2.69. The van der Waals surface area contributed by atoms with Crippen molar-refractivity contribution < 1.29 is 14.6 Å². The lowest BCUT2D eigenvalue weighted by molar-refractivity contribution is -0.131. The topological polar surface area (TPSA) is 53.0 Å². The Bertz CT molecular complexity index is 786. The summed E-state index contributed by atoms with van der Waals surface area (Å²) < 4.78 is 5.80. The van der Waals surface area contributed by atoms with Crippen LogP contribution in [-0.2, 0) is 10.2 Å². The summed E-state index contributed by atoms with van der Waals surface area (Å²) in [6.45, 7) is 10.2. The first-order valence-corrected chi connectivity index (χ1v) is 10.4. The van der Waals surface area contributed by atoms with Crippen molar-refractivity contribution >= 4 is 11.6 Å². The van der Waals surface area contributed by atoms with Gasteiger partial charge in [0.15, 0.2) is 0 Å². The number of ether oxygens (including phenoxy) is 1. The highest BCUT2D eigenvalue weighted by Gasteiger charge is 2.21. The van der Waals surface area contributed by atoms with Gasteiger partial charge in [-0.25, -0.2) is 0 Å². The molecular formula is C24H32N2O3. The van der Waals surface area contributed by atoms with Crippen LogP contribution in [0.25, 0.3) is 0 Å². The lowest BCUT2D eigenvalue weighted by Gasteiger charge is -2.36. The van der Waals surface area contributed by atoms with Gasteiger partial charge in [0.25, 0.3) is 0 Å². The second-order valence-electron chi connectivity index (χ2n) is 8.61. The number of rotatable bonds is 6. The number of aromatic hydroxyl groups is 1. The fourth-order valence-electron chi connectivity index (χ4n) is 3.50. The first-order chi connectivity index (χ1) is 13.8. The Kier molecular flexibility index (Phi) is 6.68. The van der Waals surface area contributed by atoms with Crippen LogP contribution < -0.4 is 9.64 Å².